The van der Waals surface area contributed by atoms with Crippen LogP contribution in [0.15, 0.2) is 42.7 Å². The van der Waals surface area contributed by atoms with Gasteiger partial charge in [0.05, 0.1) is 18.4 Å². The van der Waals surface area contributed by atoms with Gasteiger partial charge in [0.15, 0.2) is 0 Å². The average molecular weight is 312 g/mol. The van der Waals surface area contributed by atoms with E-state index in [4.69, 9.17) is 0 Å². The highest BCUT2D eigenvalue weighted by molar-refractivity contribution is 5.89. The van der Waals surface area contributed by atoms with Gasteiger partial charge in [-0.25, -0.2) is 4.79 Å². The highest BCUT2D eigenvalue weighted by Crippen LogP contribution is 2.20. The van der Waals surface area contributed by atoms with E-state index in [-0.39, 0.29) is 6.03 Å². The number of amides is 2. The lowest BCUT2D eigenvalue weighted by atomic mass is 9.96. The molecular weight excluding hydrogens is 288 g/mol. The molecule has 0 saturated carbocycles. The quantitative estimate of drug-likeness (QED) is 0.938. The van der Waals surface area contributed by atoms with Crippen LogP contribution in [0, 0.1) is 5.92 Å². The van der Waals surface area contributed by atoms with E-state index in [1.165, 1.54) is 12.0 Å². The van der Waals surface area contributed by atoms with Gasteiger partial charge in [-0.15, -0.1) is 0 Å². The second-order valence-corrected chi connectivity index (χ2v) is 6.20. The molecule has 0 bridgehead atoms. The van der Waals surface area contributed by atoms with Gasteiger partial charge in [-0.2, -0.15) is 5.10 Å². The van der Waals surface area contributed by atoms with Crippen LogP contribution in [0.3, 0.4) is 0 Å². The first-order valence-corrected chi connectivity index (χ1v) is 8.37. The Balaban J connectivity index is 1.57. The Hall–Kier alpha value is -2.30. The Labute approximate surface area is 137 Å². The van der Waals surface area contributed by atoms with Gasteiger partial charge in [-0.05, 0) is 24.3 Å². The van der Waals surface area contributed by atoms with Gasteiger partial charge in [-0.1, -0.05) is 43.7 Å². The number of hydrogen-bond acceptors (Lipinski definition) is 2. The van der Waals surface area contributed by atoms with Crippen LogP contribution in [0.4, 0.5) is 10.5 Å². The lowest BCUT2D eigenvalue weighted by molar-refractivity contribution is 0.176. The molecule has 3 rings (SSSR count). The Kier molecular flexibility index (Phi) is 4.95. The molecule has 0 aliphatic carbocycles. The van der Waals surface area contributed by atoms with Crippen LogP contribution in [0.5, 0.6) is 0 Å². The molecule has 2 amide bonds. The van der Waals surface area contributed by atoms with E-state index in [0.717, 1.165) is 31.6 Å². The third-order valence-corrected chi connectivity index (χ3v) is 4.46. The SMILES string of the molecule is CCC1CCCN(C(=O)Nc2cnn(Cc3ccccc3)c2)C1. The molecule has 1 aliphatic rings. The molecule has 1 N–H and O–H groups in total. The molecule has 5 heteroatoms. The number of benzene rings is 1. The minimum absolute atomic E-state index is 0.0117. The molecule has 1 aliphatic heterocycles. The summed E-state index contributed by atoms with van der Waals surface area (Å²) in [5.41, 5.74) is 1.94. The lowest BCUT2D eigenvalue weighted by Crippen LogP contribution is -2.42. The molecule has 5 nitrogen and oxygen atoms in total. The molecule has 1 fully saturated rings. The first-order valence-electron chi connectivity index (χ1n) is 8.37. The summed E-state index contributed by atoms with van der Waals surface area (Å²) in [6.45, 7) is 4.61. The van der Waals surface area contributed by atoms with Crippen molar-refractivity contribution in [2.45, 2.75) is 32.7 Å². The predicted octanol–water partition coefficient (Wildman–Crippen LogP) is 3.59. The fourth-order valence-electron chi connectivity index (χ4n) is 3.07. The molecule has 23 heavy (non-hydrogen) atoms. The number of carbonyl (C=O) groups excluding carboxylic acids is 1. The molecule has 1 saturated heterocycles. The Morgan fingerprint density at radius 2 is 2.17 bits per heavy atom. The summed E-state index contributed by atoms with van der Waals surface area (Å²) in [4.78, 5) is 14.3. The number of likely N-dealkylation sites (tertiary alicyclic amines) is 1. The highest BCUT2D eigenvalue weighted by Gasteiger charge is 2.22. The fourth-order valence-corrected chi connectivity index (χ4v) is 3.07. The van der Waals surface area contributed by atoms with Crippen LogP contribution >= 0.6 is 0 Å². The van der Waals surface area contributed by atoms with Crippen LogP contribution in [-0.4, -0.2) is 33.8 Å². The normalized spacial score (nSPS) is 18.0. The molecule has 1 unspecified atom stereocenters. The molecule has 0 radical (unpaired) electrons. The zero-order valence-corrected chi connectivity index (χ0v) is 13.6. The summed E-state index contributed by atoms with van der Waals surface area (Å²) in [5, 5.41) is 7.29. The van der Waals surface area contributed by atoms with Crippen LogP contribution in [0.2, 0.25) is 0 Å². The van der Waals surface area contributed by atoms with Gasteiger partial charge >= 0.3 is 6.03 Å². The van der Waals surface area contributed by atoms with Crippen molar-refractivity contribution in [1.29, 1.82) is 0 Å². The van der Waals surface area contributed by atoms with E-state index in [0.29, 0.717) is 12.5 Å². The topological polar surface area (TPSA) is 50.2 Å². The van der Waals surface area contributed by atoms with Gasteiger partial charge in [-0.3, -0.25) is 4.68 Å². The van der Waals surface area contributed by atoms with E-state index < -0.39 is 0 Å². The summed E-state index contributed by atoms with van der Waals surface area (Å²) in [6.07, 6.45) is 7.06. The monoisotopic (exact) mass is 312 g/mol. The summed E-state index contributed by atoms with van der Waals surface area (Å²) >= 11 is 0. The van der Waals surface area contributed by atoms with Crippen LogP contribution in [0.1, 0.15) is 31.7 Å². The van der Waals surface area contributed by atoms with Crippen molar-refractivity contribution in [3.63, 3.8) is 0 Å². The third-order valence-electron chi connectivity index (χ3n) is 4.46. The van der Waals surface area contributed by atoms with E-state index in [1.54, 1.807) is 6.20 Å². The minimum atomic E-state index is -0.0117. The maximum Gasteiger partial charge on any atom is 0.321 e. The van der Waals surface area contributed by atoms with Gasteiger partial charge in [0.25, 0.3) is 0 Å². The number of urea groups is 1. The summed E-state index contributed by atoms with van der Waals surface area (Å²) in [7, 11) is 0. The van der Waals surface area contributed by atoms with Gasteiger partial charge in [0, 0.05) is 19.3 Å². The molecular formula is C18H24N4O. The van der Waals surface area contributed by atoms with Crippen molar-refractivity contribution in [3.05, 3.63) is 48.3 Å². The molecule has 1 aromatic heterocycles. The van der Waals surface area contributed by atoms with Crippen molar-refractivity contribution in [2.75, 3.05) is 18.4 Å². The summed E-state index contributed by atoms with van der Waals surface area (Å²) < 4.78 is 1.84. The number of aromatic nitrogens is 2. The number of nitrogens with one attached hydrogen (secondary N) is 1. The summed E-state index contributed by atoms with van der Waals surface area (Å²) in [6, 6.07) is 10.2. The van der Waals surface area contributed by atoms with E-state index >= 15 is 0 Å². The number of nitrogens with zero attached hydrogens (tertiary/aromatic N) is 3. The molecule has 1 atom stereocenters. The Morgan fingerprint density at radius 1 is 1.35 bits per heavy atom. The number of piperidine rings is 1. The first kappa shape index (κ1) is 15.6. The lowest BCUT2D eigenvalue weighted by Gasteiger charge is -2.32. The van der Waals surface area contributed by atoms with E-state index in [2.05, 4.69) is 29.5 Å². The van der Waals surface area contributed by atoms with Crippen molar-refractivity contribution in [3.8, 4) is 0 Å². The molecule has 2 aromatic rings. The molecule has 0 spiro atoms. The van der Waals surface area contributed by atoms with Crippen molar-refractivity contribution in [1.82, 2.24) is 14.7 Å². The molecule has 2 heterocycles. The van der Waals surface area contributed by atoms with Crippen LogP contribution in [0.25, 0.3) is 0 Å². The van der Waals surface area contributed by atoms with Gasteiger partial charge < -0.3 is 10.2 Å². The fraction of sp³-hybridized carbons (Fsp3) is 0.444. The smallest absolute Gasteiger partial charge is 0.321 e. The standard InChI is InChI=1S/C18H24N4O/c1-2-15-9-6-10-21(12-15)18(23)20-17-11-19-22(14-17)13-16-7-4-3-5-8-16/h3-5,7-8,11,14-15H,2,6,9-10,12-13H2,1H3,(H,20,23). The van der Waals surface area contributed by atoms with Crippen LogP contribution in [-0.2, 0) is 6.54 Å². The number of rotatable bonds is 4. The van der Waals surface area contributed by atoms with Gasteiger partial charge in [0.1, 0.15) is 0 Å². The zero-order valence-electron chi connectivity index (χ0n) is 13.6. The van der Waals surface area contributed by atoms with Gasteiger partial charge in [0.2, 0.25) is 0 Å². The largest absolute Gasteiger partial charge is 0.324 e. The highest BCUT2D eigenvalue weighted by atomic mass is 16.2. The third kappa shape index (κ3) is 4.12. The van der Waals surface area contributed by atoms with Crippen LogP contribution < -0.4 is 5.32 Å². The first-order chi connectivity index (χ1) is 11.2. The number of carbonyl (C=O) groups is 1. The van der Waals surface area contributed by atoms with Crippen molar-refractivity contribution >= 4 is 11.7 Å². The second kappa shape index (κ2) is 7.31. The van der Waals surface area contributed by atoms with Crippen molar-refractivity contribution < 1.29 is 4.79 Å². The predicted molar refractivity (Wildman–Crippen MR) is 91.4 cm³/mol. The maximum atomic E-state index is 12.4. The number of hydrogen-bond donors (Lipinski definition) is 1. The molecule has 1 aromatic carbocycles. The van der Waals surface area contributed by atoms with Crippen molar-refractivity contribution in [2.24, 2.45) is 5.92 Å². The van der Waals surface area contributed by atoms with E-state index in [9.17, 15) is 4.79 Å². The summed E-state index contributed by atoms with van der Waals surface area (Å²) in [5.74, 6) is 0.635. The Morgan fingerprint density at radius 3 is 2.96 bits per heavy atom. The van der Waals surface area contributed by atoms with E-state index in [1.807, 2.05) is 34.0 Å². The molecule has 122 valence electrons. The zero-order chi connectivity index (χ0) is 16.1. The average Bonchev–Trinajstić information content (AvgIpc) is 3.02. The second-order valence-electron chi connectivity index (χ2n) is 6.20. The number of anilines is 1. The minimum Gasteiger partial charge on any atom is -0.324 e. The Bertz CT molecular complexity index is 637. The maximum absolute atomic E-state index is 12.4.